The highest BCUT2D eigenvalue weighted by atomic mass is 16.3. The van der Waals surface area contributed by atoms with Crippen LogP contribution in [0.3, 0.4) is 0 Å². The molecule has 0 radical (unpaired) electrons. The van der Waals surface area contributed by atoms with E-state index in [9.17, 15) is 9.59 Å². The van der Waals surface area contributed by atoms with Crippen LogP contribution in [0.5, 0.6) is 0 Å². The first kappa shape index (κ1) is 11.7. The summed E-state index contributed by atoms with van der Waals surface area (Å²) < 4.78 is 5.25. The van der Waals surface area contributed by atoms with E-state index in [-0.39, 0.29) is 17.7 Å². The fourth-order valence-electron chi connectivity index (χ4n) is 1.82. The Balaban J connectivity index is 1.89. The highest BCUT2D eigenvalue weighted by molar-refractivity contribution is 5.96. The van der Waals surface area contributed by atoms with Crippen LogP contribution in [0.25, 0.3) is 0 Å². The van der Waals surface area contributed by atoms with Gasteiger partial charge in [0.15, 0.2) is 0 Å². The summed E-state index contributed by atoms with van der Waals surface area (Å²) in [6.07, 6.45) is 0.894. The number of carbonyl (C=O) groups excluding carboxylic acids is 2. The van der Waals surface area contributed by atoms with E-state index < -0.39 is 0 Å². The van der Waals surface area contributed by atoms with Crippen LogP contribution in [-0.2, 0) is 4.79 Å². The van der Waals surface area contributed by atoms with Crippen LogP contribution in [0.2, 0.25) is 0 Å². The largest absolute Gasteiger partial charge is 0.466 e. The molecule has 2 rings (SSSR count). The molecule has 92 valence electrons. The highest BCUT2D eigenvalue weighted by Crippen LogP contribution is 2.37. The van der Waals surface area contributed by atoms with Crippen LogP contribution in [0, 0.1) is 25.7 Å². The Morgan fingerprint density at radius 1 is 1.35 bits per heavy atom. The lowest BCUT2D eigenvalue weighted by molar-refractivity contribution is -0.123. The number of hydrogen-bond acceptors (Lipinski definition) is 3. The normalized spacial score (nSPS) is 22.1. The van der Waals surface area contributed by atoms with Gasteiger partial charge in [-0.3, -0.25) is 20.4 Å². The third-order valence-corrected chi connectivity index (χ3v) is 3.03. The van der Waals surface area contributed by atoms with Gasteiger partial charge >= 0.3 is 0 Å². The molecule has 2 atom stereocenters. The molecule has 1 saturated carbocycles. The van der Waals surface area contributed by atoms with Crippen molar-refractivity contribution in [3.63, 3.8) is 0 Å². The van der Waals surface area contributed by atoms with E-state index in [0.29, 0.717) is 23.0 Å². The first-order valence-corrected chi connectivity index (χ1v) is 5.66. The molecule has 1 aliphatic rings. The Bertz CT molecular complexity index is 464. The van der Waals surface area contributed by atoms with Crippen LogP contribution < -0.4 is 10.9 Å². The summed E-state index contributed by atoms with van der Waals surface area (Å²) in [5.41, 5.74) is 5.28. The van der Waals surface area contributed by atoms with Gasteiger partial charge in [0.2, 0.25) is 5.91 Å². The minimum atomic E-state index is -0.346. The second kappa shape index (κ2) is 4.24. The summed E-state index contributed by atoms with van der Waals surface area (Å²) in [6.45, 7) is 5.50. The van der Waals surface area contributed by atoms with Crippen molar-refractivity contribution < 1.29 is 14.0 Å². The second-order valence-electron chi connectivity index (χ2n) is 4.59. The van der Waals surface area contributed by atoms with Crippen LogP contribution in [0.4, 0.5) is 0 Å². The number of rotatable bonds is 2. The van der Waals surface area contributed by atoms with E-state index in [4.69, 9.17) is 4.42 Å². The minimum absolute atomic E-state index is 0.0440. The van der Waals surface area contributed by atoms with Crippen molar-refractivity contribution in [2.24, 2.45) is 11.8 Å². The third-order valence-electron chi connectivity index (χ3n) is 3.03. The molecule has 0 aromatic carbocycles. The number of nitrogens with one attached hydrogen (secondary N) is 2. The highest BCUT2D eigenvalue weighted by Gasteiger charge is 2.39. The molecule has 17 heavy (non-hydrogen) atoms. The van der Waals surface area contributed by atoms with E-state index in [0.717, 1.165) is 6.42 Å². The second-order valence-corrected chi connectivity index (χ2v) is 4.59. The van der Waals surface area contributed by atoms with E-state index in [2.05, 4.69) is 10.9 Å². The van der Waals surface area contributed by atoms with Crippen molar-refractivity contribution in [1.29, 1.82) is 0 Å². The van der Waals surface area contributed by atoms with E-state index in [1.807, 2.05) is 6.92 Å². The van der Waals surface area contributed by atoms with Gasteiger partial charge in [0.25, 0.3) is 5.91 Å². The molecule has 1 aromatic rings. The fourth-order valence-corrected chi connectivity index (χ4v) is 1.82. The van der Waals surface area contributed by atoms with Gasteiger partial charge in [-0.05, 0) is 32.3 Å². The summed E-state index contributed by atoms with van der Waals surface area (Å²) in [6, 6.07) is 1.65. The molecule has 5 heteroatoms. The van der Waals surface area contributed by atoms with Crippen molar-refractivity contribution in [1.82, 2.24) is 10.9 Å². The zero-order valence-electron chi connectivity index (χ0n) is 10.2. The van der Waals surface area contributed by atoms with Gasteiger partial charge in [0, 0.05) is 5.92 Å². The molecular formula is C12H16N2O3. The summed E-state index contributed by atoms with van der Waals surface area (Å²) in [7, 11) is 0. The average molecular weight is 236 g/mol. The molecule has 1 fully saturated rings. The van der Waals surface area contributed by atoms with Crippen molar-refractivity contribution in [2.45, 2.75) is 27.2 Å². The number of carbonyl (C=O) groups is 2. The van der Waals surface area contributed by atoms with Crippen molar-refractivity contribution in [2.75, 3.05) is 0 Å². The zero-order chi connectivity index (χ0) is 12.6. The predicted molar refractivity (Wildman–Crippen MR) is 61.1 cm³/mol. The lowest BCUT2D eigenvalue weighted by Crippen LogP contribution is -2.42. The number of amides is 2. The smallest absolute Gasteiger partial charge is 0.273 e. The Labute approximate surface area is 99.5 Å². The molecule has 2 N–H and O–H groups in total. The molecule has 0 bridgehead atoms. The molecule has 5 nitrogen and oxygen atoms in total. The summed E-state index contributed by atoms with van der Waals surface area (Å²) >= 11 is 0. The topological polar surface area (TPSA) is 71.3 Å². The summed E-state index contributed by atoms with van der Waals surface area (Å²) in [5, 5.41) is 0. The number of furan rings is 1. The van der Waals surface area contributed by atoms with Crippen LogP contribution >= 0.6 is 0 Å². The quantitative estimate of drug-likeness (QED) is 0.760. The average Bonchev–Trinajstić information content (AvgIpc) is 2.89. The maximum atomic E-state index is 11.7. The van der Waals surface area contributed by atoms with E-state index >= 15 is 0 Å². The third kappa shape index (κ3) is 2.49. The molecule has 0 saturated heterocycles. The minimum Gasteiger partial charge on any atom is -0.466 e. The molecule has 1 heterocycles. The predicted octanol–water partition coefficient (Wildman–Crippen LogP) is 1.31. The Hall–Kier alpha value is -1.78. The Morgan fingerprint density at radius 2 is 2.00 bits per heavy atom. The lowest BCUT2D eigenvalue weighted by atomic mass is 10.2. The monoisotopic (exact) mass is 236 g/mol. The van der Waals surface area contributed by atoms with Gasteiger partial charge in [0.1, 0.15) is 11.5 Å². The van der Waals surface area contributed by atoms with Crippen LogP contribution in [-0.4, -0.2) is 11.8 Å². The van der Waals surface area contributed by atoms with Crippen LogP contribution in [0.15, 0.2) is 10.5 Å². The van der Waals surface area contributed by atoms with Gasteiger partial charge < -0.3 is 4.42 Å². The lowest BCUT2D eigenvalue weighted by Gasteiger charge is -2.05. The maximum absolute atomic E-state index is 11.7. The first-order chi connectivity index (χ1) is 7.99. The van der Waals surface area contributed by atoms with Gasteiger partial charge in [-0.25, -0.2) is 0 Å². The van der Waals surface area contributed by atoms with Crippen LogP contribution in [0.1, 0.15) is 35.2 Å². The molecule has 1 aromatic heterocycles. The number of aryl methyl sites for hydroxylation is 2. The Kier molecular flexibility index (Phi) is 2.92. The van der Waals surface area contributed by atoms with Crippen molar-refractivity contribution in [3.05, 3.63) is 23.2 Å². The van der Waals surface area contributed by atoms with E-state index in [1.165, 1.54) is 0 Å². The standard InChI is InChI=1S/C12H16N2O3/c1-6-4-9(6)11(15)13-14-12(16)10-5-7(2)17-8(10)3/h5-6,9H,4H2,1-3H3,(H,13,15)(H,14,16). The summed E-state index contributed by atoms with van der Waals surface area (Å²) in [4.78, 5) is 23.2. The van der Waals surface area contributed by atoms with Crippen molar-refractivity contribution in [3.8, 4) is 0 Å². The Morgan fingerprint density at radius 3 is 2.47 bits per heavy atom. The van der Waals surface area contributed by atoms with Gasteiger partial charge in [-0.2, -0.15) is 0 Å². The SMILES string of the molecule is Cc1cc(C(=O)NNC(=O)C2CC2C)c(C)o1. The van der Waals surface area contributed by atoms with Gasteiger partial charge in [-0.1, -0.05) is 6.92 Å². The molecule has 0 aliphatic heterocycles. The van der Waals surface area contributed by atoms with Gasteiger partial charge in [-0.15, -0.1) is 0 Å². The fraction of sp³-hybridized carbons (Fsp3) is 0.500. The molecule has 1 aliphatic carbocycles. The van der Waals surface area contributed by atoms with E-state index in [1.54, 1.807) is 19.9 Å². The van der Waals surface area contributed by atoms with Gasteiger partial charge in [0.05, 0.1) is 5.56 Å². The number of hydrogen-bond donors (Lipinski definition) is 2. The molecular weight excluding hydrogens is 220 g/mol. The van der Waals surface area contributed by atoms with Crippen molar-refractivity contribution >= 4 is 11.8 Å². The molecule has 0 spiro atoms. The summed E-state index contributed by atoms with van der Waals surface area (Å²) in [5.74, 6) is 1.22. The zero-order valence-corrected chi connectivity index (χ0v) is 10.2. The molecule has 2 unspecified atom stereocenters. The number of hydrazine groups is 1. The molecule has 2 amide bonds. The maximum Gasteiger partial charge on any atom is 0.273 e. The first-order valence-electron chi connectivity index (χ1n) is 5.66.